The predicted molar refractivity (Wildman–Crippen MR) is 78.5 cm³/mol. The van der Waals surface area contributed by atoms with Gasteiger partial charge in [-0.3, -0.25) is 0 Å². The molecule has 1 saturated heterocycles. The van der Waals surface area contributed by atoms with Gasteiger partial charge in [-0.05, 0) is 47.7 Å². The van der Waals surface area contributed by atoms with Crippen molar-refractivity contribution in [1.82, 2.24) is 4.31 Å². The lowest BCUT2D eigenvalue weighted by molar-refractivity contribution is 0.261. The third-order valence-electron chi connectivity index (χ3n) is 3.52. The molecule has 102 valence electrons. The molecule has 1 aromatic rings. The van der Waals surface area contributed by atoms with Gasteiger partial charge < -0.3 is 0 Å². The average molecular weight is 352 g/mol. The molecule has 1 aliphatic rings. The quantitative estimate of drug-likeness (QED) is 0.833. The van der Waals surface area contributed by atoms with Gasteiger partial charge >= 0.3 is 0 Å². The van der Waals surface area contributed by atoms with Crippen molar-refractivity contribution < 1.29 is 8.42 Å². The van der Waals surface area contributed by atoms with Crippen LogP contribution in [0.1, 0.15) is 31.1 Å². The van der Waals surface area contributed by atoms with E-state index in [9.17, 15) is 8.42 Å². The van der Waals surface area contributed by atoms with Crippen LogP contribution >= 0.6 is 27.3 Å². The molecular formula is C12H18BrNO2S2. The number of rotatable bonds is 3. The third-order valence-corrected chi connectivity index (χ3v) is 7.19. The lowest BCUT2D eigenvalue weighted by atomic mass is 9.97. The number of sulfonamides is 1. The highest BCUT2D eigenvalue weighted by atomic mass is 79.9. The molecule has 0 aliphatic carbocycles. The third kappa shape index (κ3) is 2.81. The zero-order chi connectivity index (χ0) is 13.3. The van der Waals surface area contributed by atoms with Gasteiger partial charge in [0.2, 0.25) is 10.0 Å². The normalized spacial score (nSPS) is 22.3. The van der Waals surface area contributed by atoms with Crippen molar-refractivity contribution in [3.8, 4) is 0 Å². The van der Waals surface area contributed by atoms with Gasteiger partial charge in [-0.15, -0.1) is 11.3 Å². The Hall–Kier alpha value is 0.0900. The maximum atomic E-state index is 12.6. The van der Waals surface area contributed by atoms with Gasteiger partial charge in [0, 0.05) is 18.0 Å². The molecule has 1 fully saturated rings. The van der Waals surface area contributed by atoms with Crippen LogP contribution in [0.3, 0.4) is 0 Å². The first kappa shape index (κ1) is 14.5. The van der Waals surface area contributed by atoms with E-state index in [1.165, 1.54) is 11.3 Å². The molecular weight excluding hydrogens is 334 g/mol. The van der Waals surface area contributed by atoms with E-state index in [0.717, 1.165) is 27.9 Å². The fourth-order valence-corrected chi connectivity index (χ4v) is 6.34. The summed E-state index contributed by atoms with van der Waals surface area (Å²) in [5.74, 6) is 0.510. The van der Waals surface area contributed by atoms with E-state index in [1.807, 2.05) is 6.92 Å². The highest BCUT2D eigenvalue weighted by Crippen LogP contribution is 2.33. The Labute approximate surface area is 121 Å². The number of aryl methyl sites for hydroxylation is 1. The molecule has 1 unspecified atom stereocenters. The van der Waals surface area contributed by atoms with Crippen LogP contribution in [0.5, 0.6) is 0 Å². The Balaban J connectivity index is 2.28. The fourth-order valence-electron chi connectivity index (χ4n) is 2.40. The first-order chi connectivity index (χ1) is 8.45. The van der Waals surface area contributed by atoms with Crippen LogP contribution in [0, 0.1) is 12.8 Å². The van der Waals surface area contributed by atoms with Crippen LogP contribution in [0.25, 0.3) is 0 Å². The van der Waals surface area contributed by atoms with Crippen molar-refractivity contribution in [2.24, 2.45) is 5.92 Å². The summed E-state index contributed by atoms with van der Waals surface area (Å²) >= 11 is 4.84. The summed E-state index contributed by atoms with van der Waals surface area (Å²) in [6.45, 7) is 5.33. The monoisotopic (exact) mass is 351 g/mol. The molecule has 3 nitrogen and oxygen atoms in total. The van der Waals surface area contributed by atoms with Crippen molar-refractivity contribution >= 4 is 37.3 Å². The molecule has 1 aliphatic heterocycles. The Morgan fingerprint density at radius 3 is 2.83 bits per heavy atom. The molecule has 2 rings (SSSR count). The van der Waals surface area contributed by atoms with E-state index in [1.54, 1.807) is 10.4 Å². The summed E-state index contributed by atoms with van der Waals surface area (Å²) in [6, 6.07) is 1.73. The maximum Gasteiger partial charge on any atom is 0.244 e. The maximum absolute atomic E-state index is 12.6. The van der Waals surface area contributed by atoms with Crippen LogP contribution in [-0.2, 0) is 10.0 Å². The number of hydrogen-bond donors (Lipinski definition) is 0. The second-order valence-electron chi connectivity index (χ2n) is 4.75. The molecule has 2 heterocycles. The van der Waals surface area contributed by atoms with Crippen LogP contribution < -0.4 is 0 Å². The molecule has 0 aromatic carbocycles. The standard InChI is InChI=1S/C12H18BrNO2S2/c1-3-10-5-4-6-14(8-10)18(15,16)11-7-12(13)17-9(11)2/h7,10H,3-6,8H2,1-2H3. The first-order valence-electron chi connectivity index (χ1n) is 6.21. The number of nitrogens with zero attached hydrogens (tertiary/aromatic N) is 1. The van der Waals surface area contributed by atoms with E-state index in [-0.39, 0.29) is 0 Å². The molecule has 1 atom stereocenters. The highest BCUT2D eigenvalue weighted by Gasteiger charge is 2.31. The van der Waals surface area contributed by atoms with Gasteiger partial charge in [-0.1, -0.05) is 13.3 Å². The van der Waals surface area contributed by atoms with Gasteiger partial charge in [0.25, 0.3) is 0 Å². The number of thiophene rings is 1. The zero-order valence-corrected chi connectivity index (χ0v) is 13.9. The minimum absolute atomic E-state index is 0.469. The summed E-state index contributed by atoms with van der Waals surface area (Å²) in [7, 11) is -3.30. The Bertz CT molecular complexity index is 524. The molecule has 0 bridgehead atoms. The Morgan fingerprint density at radius 2 is 2.28 bits per heavy atom. The molecule has 0 saturated carbocycles. The predicted octanol–water partition coefficient (Wildman–Crippen LogP) is 3.63. The van der Waals surface area contributed by atoms with Crippen molar-refractivity contribution in [3.63, 3.8) is 0 Å². The van der Waals surface area contributed by atoms with Crippen LogP contribution in [0.2, 0.25) is 0 Å². The van der Waals surface area contributed by atoms with Crippen molar-refractivity contribution in [2.75, 3.05) is 13.1 Å². The SMILES string of the molecule is CCC1CCCN(S(=O)(=O)c2cc(Br)sc2C)C1. The van der Waals surface area contributed by atoms with Gasteiger partial charge in [-0.25, -0.2) is 8.42 Å². The van der Waals surface area contributed by atoms with Crippen LogP contribution in [-0.4, -0.2) is 25.8 Å². The van der Waals surface area contributed by atoms with Crippen molar-refractivity contribution in [3.05, 3.63) is 14.7 Å². The molecule has 0 radical (unpaired) electrons. The van der Waals surface area contributed by atoms with E-state index in [4.69, 9.17) is 0 Å². The fraction of sp³-hybridized carbons (Fsp3) is 0.667. The van der Waals surface area contributed by atoms with Gasteiger partial charge in [-0.2, -0.15) is 4.31 Å². The lowest BCUT2D eigenvalue weighted by Gasteiger charge is -2.31. The smallest absolute Gasteiger partial charge is 0.207 e. The van der Waals surface area contributed by atoms with E-state index < -0.39 is 10.0 Å². The Morgan fingerprint density at radius 1 is 1.56 bits per heavy atom. The highest BCUT2D eigenvalue weighted by molar-refractivity contribution is 9.11. The van der Waals surface area contributed by atoms with Gasteiger partial charge in [0.15, 0.2) is 0 Å². The van der Waals surface area contributed by atoms with E-state index in [0.29, 0.717) is 23.9 Å². The molecule has 0 N–H and O–H groups in total. The van der Waals surface area contributed by atoms with E-state index >= 15 is 0 Å². The number of halogens is 1. The summed E-state index contributed by atoms with van der Waals surface area (Å²) in [6.07, 6.45) is 3.18. The minimum atomic E-state index is -3.30. The molecule has 18 heavy (non-hydrogen) atoms. The topological polar surface area (TPSA) is 37.4 Å². The molecule has 0 spiro atoms. The Kier molecular flexibility index (Phi) is 4.52. The van der Waals surface area contributed by atoms with Gasteiger partial charge in [0.1, 0.15) is 0 Å². The second kappa shape index (κ2) is 5.61. The summed E-state index contributed by atoms with van der Waals surface area (Å²) in [5, 5.41) is 0. The largest absolute Gasteiger partial charge is 0.244 e. The summed E-state index contributed by atoms with van der Waals surface area (Å²) in [5.41, 5.74) is 0. The lowest BCUT2D eigenvalue weighted by Crippen LogP contribution is -2.39. The van der Waals surface area contributed by atoms with Crippen molar-refractivity contribution in [2.45, 2.75) is 38.0 Å². The molecule has 6 heteroatoms. The number of hydrogen-bond acceptors (Lipinski definition) is 3. The minimum Gasteiger partial charge on any atom is -0.207 e. The van der Waals surface area contributed by atoms with E-state index in [2.05, 4.69) is 22.9 Å². The van der Waals surface area contributed by atoms with Crippen LogP contribution in [0.4, 0.5) is 0 Å². The molecule has 0 amide bonds. The number of piperidine rings is 1. The summed E-state index contributed by atoms with van der Waals surface area (Å²) < 4.78 is 27.7. The average Bonchev–Trinajstić information content (AvgIpc) is 2.69. The van der Waals surface area contributed by atoms with Crippen molar-refractivity contribution in [1.29, 1.82) is 0 Å². The molecule has 1 aromatic heterocycles. The summed E-state index contributed by atoms with van der Waals surface area (Å²) in [4.78, 5) is 1.33. The van der Waals surface area contributed by atoms with Crippen LogP contribution in [0.15, 0.2) is 14.7 Å². The van der Waals surface area contributed by atoms with Gasteiger partial charge in [0.05, 0.1) is 8.68 Å². The zero-order valence-electron chi connectivity index (χ0n) is 10.6. The first-order valence-corrected chi connectivity index (χ1v) is 9.26. The second-order valence-corrected chi connectivity index (χ2v) is 9.29.